The van der Waals surface area contributed by atoms with Crippen molar-refractivity contribution in [2.75, 3.05) is 20.1 Å². The topological polar surface area (TPSA) is 24.1 Å². The van der Waals surface area contributed by atoms with Gasteiger partial charge in [-0.25, -0.2) is 0 Å². The van der Waals surface area contributed by atoms with Crippen LogP contribution in [-0.2, 0) is 6.42 Å². The van der Waals surface area contributed by atoms with Gasteiger partial charge in [0.1, 0.15) is 0 Å². The lowest BCUT2D eigenvalue weighted by Crippen LogP contribution is -2.47. The van der Waals surface area contributed by atoms with E-state index in [1.54, 1.807) is 0 Å². The van der Waals surface area contributed by atoms with Gasteiger partial charge in [0.15, 0.2) is 0 Å². The molecule has 2 nitrogen and oxygen atoms in total. The molecule has 0 amide bonds. The van der Waals surface area contributed by atoms with Gasteiger partial charge in [0, 0.05) is 12.1 Å². The lowest BCUT2D eigenvalue weighted by molar-refractivity contribution is 0.379. The quantitative estimate of drug-likeness (QED) is 0.767. The summed E-state index contributed by atoms with van der Waals surface area (Å²) in [5.74, 6) is 0. The zero-order valence-corrected chi connectivity index (χ0v) is 10.9. The number of aryl methyl sites for hydroxylation is 1. The molecule has 0 bridgehead atoms. The highest BCUT2D eigenvalue weighted by atomic mass is 15.0. The fourth-order valence-electron chi connectivity index (χ4n) is 1.92. The summed E-state index contributed by atoms with van der Waals surface area (Å²) in [6, 6.07) is 8.72. The maximum atomic E-state index is 3.57. The molecule has 0 radical (unpaired) electrons. The van der Waals surface area contributed by atoms with Crippen LogP contribution in [-0.4, -0.2) is 25.7 Å². The smallest absolute Gasteiger partial charge is 0.0249 e. The largest absolute Gasteiger partial charge is 0.318 e. The van der Waals surface area contributed by atoms with Crippen LogP contribution in [0.3, 0.4) is 0 Å². The number of nitrogens with one attached hydrogen (secondary N) is 2. The van der Waals surface area contributed by atoms with E-state index in [-0.39, 0.29) is 5.54 Å². The molecule has 2 N–H and O–H groups in total. The van der Waals surface area contributed by atoms with Gasteiger partial charge in [0.25, 0.3) is 0 Å². The first-order valence-electron chi connectivity index (χ1n) is 5.99. The predicted octanol–water partition coefficient (Wildman–Crippen LogP) is 2.13. The van der Waals surface area contributed by atoms with Gasteiger partial charge >= 0.3 is 0 Å². The van der Waals surface area contributed by atoms with Crippen molar-refractivity contribution in [1.82, 2.24) is 10.6 Å². The van der Waals surface area contributed by atoms with Gasteiger partial charge in [0.05, 0.1) is 0 Å². The van der Waals surface area contributed by atoms with Gasteiger partial charge in [-0.1, -0.05) is 29.8 Å². The average Bonchev–Trinajstić information content (AvgIpc) is 2.17. The van der Waals surface area contributed by atoms with E-state index in [0.29, 0.717) is 0 Å². The third-order valence-corrected chi connectivity index (χ3v) is 2.72. The Bertz CT molecular complexity index is 318. The van der Waals surface area contributed by atoms with Crippen LogP contribution in [0.2, 0.25) is 0 Å². The first-order valence-corrected chi connectivity index (χ1v) is 5.99. The molecule has 16 heavy (non-hydrogen) atoms. The Morgan fingerprint density at radius 2 is 2.00 bits per heavy atom. The molecular weight excluding hydrogens is 196 g/mol. The molecule has 0 aromatic heterocycles. The Balaban J connectivity index is 2.35. The maximum Gasteiger partial charge on any atom is 0.0249 e. The molecule has 1 aromatic rings. The van der Waals surface area contributed by atoms with Crippen LogP contribution in [0.1, 0.15) is 25.0 Å². The molecule has 0 saturated heterocycles. The average molecular weight is 220 g/mol. The summed E-state index contributed by atoms with van der Waals surface area (Å²) in [5, 5.41) is 6.77. The molecular formula is C14H24N2. The summed E-state index contributed by atoms with van der Waals surface area (Å²) in [6.45, 7) is 8.60. The lowest BCUT2D eigenvalue weighted by Gasteiger charge is -2.26. The number of rotatable bonds is 6. The van der Waals surface area contributed by atoms with Crippen LogP contribution in [0.25, 0.3) is 0 Å². The van der Waals surface area contributed by atoms with Gasteiger partial charge in [-0.15, -0.1) is 0 Å². The molecule has 0 fully saturated rings. The Hall–Kier alpha value is -0.860. The minimum atomic E-state index is 0.165. The lowest BCUT2D eigenvalue weighted by atomic mass is 10.0. The van der Waals surface area contributed by atoms with Gasteiger partial charge in [0.2, 0.25) is 0 Å². The Kier molecular flexibility index (Phi) is 4.97. The summed E-state index contributed by atoms with van der Waals surface area (Å²) in [5.41, 5.74) is 2.92. The van der Waals surface area contributed by atoms with Crippen molar-refractivity contribution in [3.8, 4) is 0 Å². The number of benzene rings is 1. The monoisotopic (exact) mass is 220 g/mol. The minimum absolute atomic E-state index is 0.165. The van der Waals surface area contributed by atoms with Gasteiger partial charge in [-0.3, -0.25) is 0 Å². The van der Waals surface area contributed by atoms with E-state index in [4.69, 9.17) is 0 Å². The summed E-state index contributed by atoms with van der Waals surface area (Å²) < 4.78 is 0. The second-order valence-electron chi connectivity index (χ2n) is 5.08. The molecule has 0 atom stereocenters. The summed E-state index contributed by atoms with van der Waals surface area (Å²) in [4.78, 5) is 0. The third-order valence-electron chi connectivity index (χ3n) is 2.72. The molecule has 90 valence electrons. The fourth-order valence-corrected chi connectivity index (χ4v) is 1.92. The first-order chi connectivity index (χ1) is 7.53. The van der Waals surface area contributed by atoms with Crippen LogP contribution >= 0.6 is 0 Å². The van der Waals surface area contributed by atoms with Crippen LogP contribution < -0.4 is 10.6 Å². The van der Waals surface area contributed by atoms with Gasteiger partial charge in [-0.05, 0) is 46.3 Å². The Labute approximate surface area is 99.5 Å². The summed E-state index contributed by atoms with van der Waals surface area (Å²) in [7, 11) is 1.99. The zero-order valence-electron chi connectivity index (χ0n) is 10.9. The van der Waals surface area contributed by atoms with E-state index < -0.39 is 0 Å². The van der Waals surface area contributed by atoms with Crippen LogP contribution in [0.15, 0.2) is 24.3 Å². The van der Waals surface area contributed by atoms with Crippen LogP contribution in [0.4, 0.5) is 0 Å². The van der Waals surface area contributed by atoms with Crippen molar-refractivity contribution in [3.05, 3.63) is 35.4 Å². The van der Waals surface area contributed by atoms with Gasteiger partial charge in [-0.2, -0.15) is 0 Å². The van der Waals surface area contributed by atoms with Gasteiger partial charge < -0.3 is 10.6 Å². The molecule has 0 aliphatic carbocycles. The molecule has 0 saturated carbocycles. The van der Waals surface area contributed by atoms with Crippen LogP contribution in [0.5, 0.6) is 0 Å². The second-order valence-corrected chi connectivity index (χ2v) is 5.08. The number of likely N-dealkylation sites (N-methyl/N-ethyl adjacent to an activating group) is 1. The van der Waals surface area contributed by atoms with Crippen molar-refractivity contribution in [3.63, 3.8) is 0 Å². The highest BCUT2D eigenvalue weighted by Gasteiger charge is 2.14. The van der Waals surface area contributed by atoms with E-state index in [1.165, 1.54) is 11.1 Å². The molecule has 1 aromatic carbocycles. The van der Waals surface area contributed by atoms with E-state index >= 15 is 0 Å². The zero-order chi connectivity index (χ0) is 12.0. The molecule has 1 rings (SSSR count). The number of hydrogen-bond acceptors (Lipinski definition) is 2. The Morgan fingerprint density at radius 1 is 1.25 bits per heavy atom. The van der Waals surface area contributed by atoms with Crippen molar-refractivity contribution >= 4 is 0 Å². The molecule has 0 aliphatic heterocycles. The van der Waals surface area contributed by atoms with Crippen LogP contribution in [0, 0.1) is 6.92 Å². The second kappa shape index (κ2) is 6.02. The molecule has 0 unspecified atom stereocenters. The predicted molar refractivity (Wildman–Crippen MR) is 70.9 cm³/mol. The highest BCUT2D eigenvalue weighted by Crippen LogP contribution is 2.05. The van der Waals surface area contributed by atoms with Crippen molar-refractivity contribution < 1.29 is 0 Å². The maximum absolute atomic E-state index is 3.57. The Morgan fingerprint density at radius 3 is 2.62 bits per heavy atom. The summed E-state index contributed by atoms with van der Waals surface area (Å²) >= 11 is 0. The molecule has 0 aliphatic rings. The van der Waals surface area contributed by atoms with E-state index in [1.807, 2.05) is 7.05 Å². The molecule has 2 heteroatoms. The van der Waals surface area contributed by atoms with E-state index in [9.17, 15) is 0 Å². The van der Waals surface area contributed by atoms with E-state index in [0.717, 1.165) is 19.5 Å². The number of hydrogen-bond donors (Lipinski definition) is 2. The first kappa shape index (κ1) is 13.2. The van der Waals surface area contributed by atoms with Crippen molar-refractivity contribution in [2.45, 2.75) is 32.7 Å². The third kappa shape index (κ3) is 4.77. The fraction of sp³-hybridized carbons (Fsp3) is 0.571. The normalized spacial score (nSPS) is 11.8. The van der Waals surface area contributed by atoms with E-state index in [2.05, 4.69) is 55.7 Å². The van der Waals surface area contributed by atoms with Crippen molar-refractivity contribution in [1.29, 1.82) is 0 Å². The standard InChI is InChI=1S/C14H24N2/c1-12-6-5-7-13(10-12)8-9-16-14(2,3)11-15-4/h5-7,10,15-16H,8-9,11H2,1-4H3. The molecule has 0 heterocycles. The molecule has 0 spiro atoms. The highest BCUT2D eigenvalue weighted by molar-refractivity contribution is 5.22. The minimum Gasteiger partial charge on any atom is -0.318 e. The summed E-state index contributed by atoms with van der Waals surface area (Å²) in [6.07, 6.45) is 1.09. The van der Waals surface area contributed by atoms with Crippen molar-refractivity contribution in [2.24, 2.45) is 0 Å². The SMILES string of the molecule is CNCC(C)(C)NCCc1cccc(C)c1.